The van der Waals surface area contributed by atoms with Gasteiger partial charge in [-0.05, 0) is 64.8 Å². The predicted molar refractivity (Wildman–Crippen MR) is 141 cm³/mol. The SMILES string of the molecule is Cc1ccc(S(=O)(=O)N(C(=O)c2ccccc2)C(C#Cc2ccccc2Br)c2ccccc2)cc1. The minimum Gasteiger partial charge on any atom is -0.268 e. The lowest BCUT2D eigenvalue weighted by molar-refractivity contribution is 0.0841. The standard InChI is InChI=1S/C29H22BrNO3S/c1-22-16-19-26(20-17-22)35(33,34)31(29(32)25-13-6-3-7-14-25)28(24-11-4-2-5-12-24)21-18-23-10-8-9-15-27(23)30/h2-17,19-20,28H,1H3. The van der Waals surface area contributed by atoms with E-state index in [0.717, 1.165) is 14.3 Å². The average Bonchev–Trinajstić information content (AvgIpc) is 2.88. The summed E-state index contributed by atoms with van der Waals surface area (Å²) in [6, 6.07) is 30.2. The Bertz CT molecular complexity index is 1490. The number of carbonyl (C=O) groups excluding carboxylic acids is 1. The molecule has 35 heavy (non-hydrogen) atoms. The Kier molecular flexibility index (Phi) is 7.50. The first-order chi connectivity index (χ1) is 16.9. The molecule has 0 N–H and O–H groups in total. The van der Waals surface area contributed by atoms with Crippen LogP contribution in [-0.4, -0.2) is 18.6 Å². The summed E-state index contributed by atoms with van der Waals surface area (Å²) < 4.78 is 29.6. The molecule has 1 atom stereocenters. The summed E-state index contributed by atoms with van der Waals surface area (Å²) in [6.45, 7) is 1.87. The number of rotatable bonds is 5. The number of halogens is 1. The minimum atomic E-state index is -4.26. The Labute approximate surface area is 214 Å². The molecule has 4 aromatic rings. The lowest BCUT2D eigenvalue weighted by Crippen LogP contribution is -2.39. The molecule has 0 radical (unpaired) electrons. The van der Waals surface area contributed by atoms with Crippen molar-refractivity contribution in [1.82, 2.24) is 4.31 Å². The van der Waals surface area contributed by atoms with E-state index in [4.69, 9.17) is 0 Å². The second-order valence-electron chi connectivity index (χ2n) is 7.85. The van der Waals surface area contributed by atoms with Gasteiger partial charge in [0.05, 0.1) is 4.90 Å². The number of hydrogen-bond acceptors (Lipinski definition) is 3. The fraction of sp³-hybridized carbons (Fsp3) is 0.0690. The van der Waals surface area contributed by atoms with Crippen LogP contribution < -0.4 is 0 Å². The van der Waals surface area contributed by atoms with Crippen LogP contribution in [0.4, 0.5) is 0 Å². The van der Waals surface area contributed by atoms with Gasteiger partial charge in [0.1, 0.15) is 6.04 Å². The fourth-order valence-corrected chi connectivity index (χ4v) is 5.39. The molecule has 0 bridgehead atoms. The van der Waals surface area contributed by atoms with E-state index in [-0.39, 0.29) is 10.5 Å². The maximum Gasteiger partial charge on any atom is 0.269 e. The molecule has 0 spiro atoms. The number of benzene rings is 4. The van der Waals surface area contributed by atoms with Crippen LogP contribution in [0.15, 0.2) is 119 Å². The maximum atomic E-state index is 14.0. The number of hydrogen-bond donors (Lipinski definition) is 0. The normalized spacial score (nSPS) is 11.7. The number of nitrogens with zero attached hydrogens (tertiary/aromatic N) is 1. The van der Waals surface area contributed by atoms with Crippen molar-refractivity contribution < 1.29 is 13.2 Å². The average molecular weight is 544 g/mol. The van der Waals surface area contributed by atoms with E-state index in [1.165, 1.54) is 12.1 Å². The molecule has 0 aliphatic heterocycles. The van der Waals surface area contributed by atoms with Gasteiger partial charge in [0.25, 0.3) is 15.9 Å². The third kappa shape index (κ3) is 5.54. The van der Waals surface area contributed by atoms with Crippen LogP contribution in [0.3, 0.4) is 0 Å². The van der Waals surface area contributed by atoms with Crippen molar-refractivity contribution in [2.45, 2.75) is 17.9 Å². The van der Waals surface area contributed by atoms with E-state index < -0.39 is 22.0 Å². The van der Waals surface area contributed by atoms with Gasteiger partial charge in [-0.15, -0.1) is 0 Å². The molecular weight excluding hydrogens is 522 g/mol. The summed E-state index contributed by atoms with van der Waals surface area (Å²) >= 11 is 3.49. The first-order valence-corrected chi connectivity index (χ1v) is 13.1. The molecule has 0 aromatic heterocycles. The molecule has 0 aliphatic rings. The summed E-state index contributed by atoms with van der Waals surface area (Å²) in [6.07, 6.45) is 0. The second-order valence-corrected chi connectivity index (χ2v) is 10.5. The highest BCUT2D eigenvalue weighted by molar-refractivity contribution is 9.10. The van der Waals surface area contributed by atoms with Crippen LogP contribution >= 0.6 is 15.9 Å². The van der Waals surface area contributed by atoms with Crippen molar-refractivity contribution in [3.8, 4) is 11.8 Å². The first-order valence-electron chi connectivity index (χ1n) is 10.9. The van der Waals surface area contributed by atoms with Crippen LogP contribution in [0, 0.1) is 18.8 Å². The zero-order valence-corrected chi connectivity index (χ0v) is 21.3. The molecule has 0 saturated heterocycles. The predicted octanol–water partition coefficient (Wildman–Crippen LogP) is 6.38. The van der Waals surface area contributed by atoms with Gasteiger partial charge >= 0.3 is 0 Å². The van der Waals surface area contributed by atoms with Crippen LogP contribution in [0.25, 0.3) is 0 Å². The van der Waals surface area contributed by atoms with Crippen molar-refractivity contribution in [2.75, 3.05) is 0 Å². The number of sulfonamides is 1. The smallest absolute Gasteiger partial charge is 0.268 e. The third-order valence-electron chi connectivity index (χ3n) is 5.37. The molecular formula is C29H22BrNO3S. The molecule has 4 rings (SSSR count). The molecule has 0 aliphatic carbocycles. The first kappa shape index (κ1) is 24.5. The molecule has 0 saturated carbocycles. The summed E-state index contributed by atoms with van der Waals surface area (Å²) in [7, 11) is -4.26. The molecule has 174 valence electrons. The summed E-state index contributed by atoms with van der Waals surface area (Å²) in [5.74, 6) is 5.50. The van der Waals surface area contributed by atoms with Crippen LogP contribution in [0.2, 0.25) is 0 Å². The monoisotopic (exact) mass is 543 g/mol. The number of amides is 1. The Morgan fingerprint density at radius 1 is 0.800 bits per heavy atom. The Hall–Kier alpha value is -3.66. The summed E-state index contributed by atoms with van der Waals surface area (Å²) in [5.41, 5.74) is 2.45. The Morgan fingerprint density at radius 3 is 2.00 bits per heavy atom. The van der Waals surface area contributed by atoms with Gasteiger partial charge in [-0.25, -0.2) is 12.7 Å². The topological polar surface area (TPSA) is 54.5 Å². The van der Waals surface area contributed by atoms with E-state index >= 15 is 0 Å². The summed E-state index contributed by atoms with van der Waals surface area (Å²) in [5, 5.41) is 0. The lowest BCUT2D eigenvalue weighted by atomic mass is 10.1. The van der Waals surface area contributed by atoms with Crippen molar-refractivity contribution in [1.29, 1.82) is 0 Å². The number of aryl methyl sites for hydroxylation is 1. The van der Waals surface area contributed by atoms with E-state index in [2.05, 4.69) is 27.8 Å². The van der Waals surface area contributed by atoms with E-state index in [0.29, 0.717) is 11.1 Å². The van der Waals surface area contributed by atoms with Gasteiger partial charge in [0.15, 0.2) is 0 Å². The zero-order valence-electron chi connectivity index (χ0n) is 18.9. The third-order valence-corrected chi connectivity index (χ3v) is 7.82. The maximum absolute atomic E-state index is 14.0. The van der Waals surface area contributed by atoms with Gasteiger partial charge < -0.3 is 0 Å². The van der Waals surface area contributed by atoms with Gasteiger partial charge in [-0.2, -0.15) is 0 Å². The van der Waals surface area contributed by atoms with Crippen LogP contribution in [-0.2, 0) is 10.0 Å². The zero-order chi connectivity index (χ0) is 24.8. The van der Waals surface area contributed by atoms with Crippen molar-refractivity contribution in [3.63, 3.8) is 0 Å². The van der Waals surface area contributed by atoms with Crippen molar-refractivity contribution in [2.24, 2.45) is 0 Å². The van der Waals surface area contributed by atoms with E-state index in [1.54, 1.807) is 66.7 Å². The lowest BCUT2D eigenvalue weighted by Gasteiger charge is -2.28. The van der Waals surface area contributed by atoms with Gasteiger partial charge in [0.2, 0.25) is 0 Å². The molecule has 4 aromatic carbocycles. The van der Waals surface area contributed by atoms with E-state index in [9.17, 15) is 13.2 Å². The Morgan fingerprint density at radius 2 is 1.37 bits per heavy atom. The summed E-state index contributed by atoms with van der Waals surface area (Å²) in [4.78, 5) is 13.8. The highest BCUT2D eigenvalue weighted by Crippen LogP contribution is 2.30. The van der Waals surface area contributed by atoms with Crippen molar-refractivity contribution in [3.05, 3.63) is 136 Å². The molecule has 1 unspecified atom stereocenters. The highest BCUT2D eigenvalue weighted by atomic mass is 79.9. The molecule has 4 nitrogen and oxygen atoms in total. The highest BCUT2D eigenvalue weighted by Gasteiger charge is 2.36. The number of carbonyl (C=O) groups is 1. The molecule has 0 heterocycles. The second kappa shape index (κ2) is 10.7. The van der Waals surface area contributed by atoms with Gasteiger partial charge in [-0.3, -0.25) is 4.79 Å². The molecule has 6 heteroatoms. The quantitative estimate of drug-likeness (QED) is 0.274. The Balaban J connectivity index is 1.94. The molecule has 0 fully saturated rings. The van der Waals surface area contributed by atoms with Gasteiger partial charge in [-0.1, -0.05) is 90.2 Å². The fourth-order valence-electron chi connectivity index (χ4n) is 3.52. The minimum absolute atomic E-state index is 0.0241. The van der Waals surface area contributed by atoms with Crippen LogP contribution in [0.1, 0.15) is 33.1 Å². The van der Waals surface area contributed by atoms with Crippen LogP contribution in [0.5, 0.6) is 0 Å². The molecule has 1 amide bonds. The van der Waals surface area contributed by atoms with E-state index in [1.807, 2.05) is 37.3 Å². The van der Waals surface area contributed by atoms with Crippen molar-refractivity contribution >= 4 is 31.9 Å². The largest absolute Gasteiger partial charge is 0.269 e. The van der Waals surface area contributed by atoms with Gasteiger partial charge in [0, 0.05) is 15.6 Å².